The summed E-state index contributed by atoms with van der Waals surface area (Å²) in [5.41, 5.74) is 8.67. The third kappa shape index (κ3) is 5.62. The molecule has 4 aromatic rings. The summed E-state index contributed by atoms with van der Waals surface area (Å²) >= 11 is 0. The van der Waals surface area contributed by atoms with Crippen molar-refractivity contribution in [2.24, 2.45) is 11.7 Å². The summed E-state index contributed by atoms with van der Waals surface area (Å²) in [5, 5.41) is 0. The maximum Gasteiger partial charge on any atom is 0.261 e. The molecule has 1 atom stereocenters. The molecule has 0 aliphatic carbocycles. The summed E-state index contributed by atoms with van der Waals surface area (Å²) in [6, 6.07) is 15.2. The normalized spacial score (nSPS) is 15.1. The smallest absolute Gasteiger partial charge is 0.261 e. The molecule has 0 radical (unpaired) electrons. The van der Waals surface area contributed by atoms with Gasteiger partial charge in [-0.25, -0.2) is 18.9 Å². The lowest BCUT2D eigenvalue weighted by molar-refractivity contribution is 0.0864. The quantitative estimate of drug-likeness (QED) is 0.358. The number of benzene rings is 2. The lowest BCUT2D eigenvalue weighted by Gasteiger charge is -2.38. The van der Waals surface area contributed by atoms with Crippen LogP contribution in [0.3, 0.4) is 0 Å². The fourth-order valence-corrected chi connectivity index (χ4v) is 5.48. The molecule has 2 aromatic heterocycles. The number of piperidine rings is 1. The summed E-state index contributed by atoms with van der Waals surface area (Å²) in [6.45, 7) is 6.04. The summed E-state index contributed by atoms with van der Waals surface area (Å²) in [6.07, 6.45) is 3.50. The van der Waals surface area contributed by atoms with Crippen LogP contribution in [0, 0.1) is 11.7 Å². The Balaban J connectivity index is 1.36. The number of para-hydroxylation sites is 2. The van der Waals surface area contributed by atoms with Gasteiger partial charge in [-0.3, -0.25) is 9.59 Å². The van der Waals surface area contributed by atoms with Gasteiger partial charge in [0.1, 0.15) is 5.82 Å². The van der Waals surface area contributed by atoms with Crippen LogP contribution in [0.4, 0.5) is 16.3 Å². The second kappa shape index (κ2) is 11.6. The van der Waals surface area contributed by atoms with Crippen molar-refractivity contribution in [3.05, 3.63) is 82.5 Å². The Morgan fingerprint density at radius 2 is 1.80 bits per heavy atom. The van der Waals surface area contributed by atoms with E-state index in [9.17, 15) is 14.0 Å². The monoisotopic (exact) mass is 545 g/mol. The standard InChI is InChI=1S/C30H36FN7O2/c1-20(2)18-24(32)28(40)38-27(39)12-15-33-29(38)35(3)23-13-16-36(17-14-23)30-34-25-6-4-5-7-26(25)37(30)19-21-8-10-22(31)11-9-21/h4-12,15,20,23-24H,13-14,16-19,32H2,1-3H3. The fraction of sp³-hybridized carbons (Fsp3) is 0.400. The first-order chi connectivity index (χ1) is 19.2. The molecule has 10 heteroatoms. The second-order valence-electron chi connectivity index (χ2n) is 10.9. The number of hydrogen-bond donors (Lipinski definition) is 1. The van der Waals surface area contributed by atoms with Gasteiger partial charge < -0.3 is 20.1 Å². The van der Waals surface area contributed by atoms with Crippen molar-refractivity contribution < 1.29 is 9.18 Å². The first-order valence-corrected chi connectivity index (χ1v) is 13.8. The van der Waals surface area contributed by atoms with E-state index in [-0.39, 0.29) is 17.8 Å². The Labute approximate surface area is 233 Å². The van der Waals surface area contributed by atoms with Crippen molar-refractivity contribution in [2.45, 2.75) is 51.7 Å². The van der Waals surface area contributed by atoms with Crippen molar-refractivity contribution in [1.82, 2.24) is 19.1 Å². The van der Waals surface area contributed by atoms with Gasteiger partial charge >= 0.3 is 0 Å². The molecule has 1 aliphatic heterocycles. The summed E-state index contributed by atoms with van der Waals surface area (Å²) in [5.74, 6) is 0.729. The number of anilines is 2. The fourth-order valence-electron chi connectivity index (χ4n) is 5.48. The van der Waals surface area contributed by atoms with Crippen LogP contribution in [0.2, 0.25) is 0 Å². The number of nitrogens with zero attached hydrogens (tertiary/aromatic N) is 6. The van der Waals surface area contributed by atoms with Crippen molar-refractivity contribution >= 4 is 28.8 Å². The average Bonchev–Trinajstić information content (AvgIpc) is 3.31. The number of imidazole rings is 1. The topological polar surface area (TPSA) is 102 Å². The van der Waals surface area contributed by atoms with E-state index in [2.05, 4.69) is 20.5 Å². The number of rotatable bonds is 8. The van der Waals surface area contributed by atoms with E-state index >= 15 is 0 Å². The third-order valence-electron chi connectivity index (χ3n) is 7.59. The molecule has 40 heavy (non-hydrogen) atoms. The van der Waals surface area contributed by atoms with Gasteiger partial charge in [-0.05, 0) is 55.0 Å². The van der Waals surface area contributed by atoms with Crippen LogP contribution in [0.5, 0.6) is 0 Å². The van der Waals surface area contributed by atoms with E-state index in [0.717, 1.165) is 53.0 Å². The first-order valence-electron chi connectivity index (χ1n) is 13.8. The molecule has 0 saturated carbocycles. The largest absolute Gasteiger partial charge is 0.342 e. The second-order valence-corrected chi connectivity index (χ2v) is 10.9. The lowest BCUT2D eigenvalue weighted by Crippen LogP contribution is -2.48. The first kappa shape index (κ1) is 27.5. The van der Waals surface area contributed by atoms with Crippen LogP contribution in [0.15, 0.2) is 65.6 Å². The van der Waals surface area contributed by atoms with Gasteiger partial charge in [0.2, 0.25) is 11.9 Å². The molecule has 0 bridgehead atoms. The zero-order valence-electron chi connectivity index (χ0n) is 23.2. The van der Waals surface area contributed by atoms with E-state index in [4.69, 9.17) is 10.7 Å². The van der Waals surface area contributed by atoms with Crippen molar-refractivity contribution in [1.29, 1.82) is 0 Å². The van der Waals surface area contributed by atoms with Gasteiger partial charge in [0.15, 0.2) is 0 Å². The van der Waals surface area contributed by atoms with E-state index in [1.807, 2.05) is 44.0 Å². The molecular weight excluding hydrogens is 509 g/mol. The molecule has 5 rings (SSSR count). The van der Waals surface area contributed by atoms with E-state index < -0.39 is 17.5 Å². The molecular formula is C30H36FN7O2. The molecule has 1 aliphatic rings. The SMILES string of the molecule is CC(C)CC(N)C(=O)n1c(N(C)C2CCN(c3nc4ccccc4n3Cc3ccc(F)cc3)CC2)nccc1=O. The van der Waals surface area contributed by atoms with E-state index in [1.165, 1.54) is 24.4 Å². The number of nitrogens with two attached hydrogens (primary N) is 1. The van der Waals surface area contributed by atoms with Crippen LogP contribution in [-0.2, 0) is 6.54 Å². The zero-order valence-corrected chi connectivity index (χ0v) is 23.2. The summed E-state index contributed by atoms with van der Waals surface area (Å²) in [4.78, 5) is 39.5. The number of aromatic nitrogens is 4. The van der Waals surface area contributed by atoms with Crippen LogP contribution in [0.1, 0.15) is 43.5 Å². The maximum atomic E-state index is 13.5. The van der Waals surface area contributed by atoms with E-state index in [1.54, 1.807) is 12.1 Å². The highest BCUT2D eigenvalue weighted by Crippen LogP contribution is 2.28. The van der Waals surface area contributed by atoms with Gasteiger partial charge in [-0.15, -0.1) is 0 Å². The number of carbonyl (C=O) groups is 1. The van der Waals surface area contributed by atoms with E-state index in [0.29, 0.717) is 18.9 Å². The lowest BCUT2D eigenvalue weighted by atomic mass is 10.0. The Bertz CT molecular complexity index is 1540. The number of carbonyl (C=O) groups excluding carboxylic acids is 1. The summed E-state index contributed by atoms with van der Waals surface area (Å²) in [7, 11) is 1.88. The Morgan fingerprint density at radius 3 is 2.50 bits per heavy atom. The van der Waals surface area contributed by atoms with Crippen LogP contribution >= 0.6 is 0 Å². The van der Waals surface area contributed by atoms with Crippen LogP contribution < -0.4 is 21.1 Å². The molecule has 2 aromatic carbocycles. The van der Waals surface area contributed by atoms with Crippen molar-refractivity contribution in [2.75, 3.05) is 29.9 Å². The summed E-state index contributed by atoms with van der Waals surface area (Å²) < 4.78 is 16.8. The molecule has 9 nitrogen and oxygen atoms in total. The predicted molar refractivity (Wildman–Crippen MR) is 155 cm³/mol. The molecule has 210 valence electrons. The molecule has 1 saturated heterocycles. The van der Waals surface area contributed by atoms with Gasteiger partial charge in [0, 0.05) is 38.4 Å². The molecule has 2 N–H and O–H groups in total. The average molecular weight is 546 g/mol. The third-order valence-corrected chi connectivity index (χ3v) is 7.59. The number of fused-ring (bicyclic) bond motifs is 1. The molecule has 1 unspecified atom stereocenters. The highest BCUT2D eigenvalue weighted by molar-refractivity contribution is 5.86. The highest BCUT2D eigenvalue weighted by Gasteiger charge is 2.30. The minimum absolute atomic E-state index is 0.0702. The minimum Gasteiger partial charge on any atom is -0.342 e. The van der Waals surface area contributed by atoms with Gasteiger partial charge in [0.25, 0.3) is 11.5 Å². The Kier molecular flexibility index (Phi) is 7.97. The molecule has 3 heterocycles. The van der Waals surface area contributed by atoms with Crippen LogP contribution in [0.25, 0.3) is 11.0 Å². The number of hydrogen-bond acceptors (Lipinski definition) is 7. The Morgan fingerprint density at radius 1 is 1.10 bits per heavy atom. The minimum atomic E-state index is -0.773. The highest BCUT2D eigenvalue weighted by atomic mass is 19.1. The molecule has 0 amide bonds. The molecule has 0 spiro atoms. The van der Waals surface area contributed by atoms with Crippen LogP contribution in [-0.4, -0.2) is 57.2 Å². The molecule has 1 fully saturated rings. The zero-order chi connectivity index (χ0) is 28.4. The van der Waals surface area contributed by atoms with Crippen molar-refractivity contribution in [3.8, 4) is 0 Å². The Hall–Kier alpha value is -4.05. The van der Waals surface area contributed by atoms with Gasteiger partial charge in [-0.1, -0.05) is 38.1 Å². The van der Waals surface area contributed by atoms with Gasteiger partial charge in [-0.2, -0.15) is 0 Å². The maximum absolute atomic E-state index is 13.5. The predicted octanol–water partition coefficient (Wildman–Crippen LogP) is 3.90. The number of halogens is 1. The van der Waals surface area contributed by atoms with Gasteiger partial charge in [0.05, 0.1) is 23.6 Å². The van der Waals surface area contributed by atoms with Crippen molar-refractivity contribution in [3.63, 3.8) is 0 Å².